The molecule has 2 N–H and O–H groups in total. The summed E-state index contributed by atoms with van der Waals surface area (Å²) in [6.45, 7) is 0.494. The average molecular weight is 389 g/mol. The fourth-order valence-corrected chi connectivity index (χ4v) is 3.88. The van der Waals surface area contributed by atoms with Crippen LogP contribution in [-0.4, -0.2) is 102 Å². The Balaban J connectivity index is 1.61. The molecule has 28 heavy (non-hydrogen) atoms. The highest BCUT2D eigenvalue weighted by Gasteiger charge is 2.54. The average Bonchev–Trinajstić information content (AvgIpc) is 3.29. The molecule has 0 bridgehead atoms. The molecular weight excluding hydrogens is 366 g/mol. The molecule has 2 fully saturated rings. The highest BCUT2D eigenvalue weighted by atomic mass is 16.5. The molecule has 1 aromatic carbocycles. The number of aliphatic hydroxyl groups excluding tert-OH is 2. The van der Waals surface area contributed by atoms with E-state index >= 15 is 0 Å². The number of hydrogen-bond acceptors (Lipinski definition) is 8. The van der Waals surface area contributed by atoms with Gasteiger partial charge in [0.25, 0.3) is 5.91 Å². The summed E-state index contributed by atoms with van der Waals surface area (Å²) in [4.78, 5) is 36.6. The van der Waals surface area contributed by atoms with Gasteiger partial charge in [0, 0.05) is 25.8 Å². The molecule has 3 unspecified atom stereocenters. The number of urea groups is 1. The van der Waals surface area contributed by atoms with E-state index in [-0.39, 0.29) is 6.54 Å². The minimum absolute atomic E-state index is 0.243. The maximum Gasteiger partial charge on any atom is 0.328 e. The molecule has 10 heteroatoms. The van der Waals surface area contributed by atoms with Gasteiger partial charge in [-0.3, -0.25) is 9.69 Å². The molecule has 0 spiro atoms. The number of imide groups is 1. The number of benzene rings is 1. The Labute approximate surface area is 162 Å². The number of amides is 3. The van der Waals surface area contributed by atoms with Crippen molar-refractivity contribution in [2.45, 2.75) is 18.3 Å². The van der Waals surface area contributed by atoms with Crippen LogP contribution >= 0.6 is 0 Å². The Bertz CT molecular complexity index is 813. The third kappa shape index (κ3) is 2.76. The molecule has 1 aromatic rings. The normalized spacial score (nSPS) is 25.1. The van der Waals surface area contributed by atoms with Crippen molar-refractivity contribution in [2.24, 2.45) is 4.99 Å². The Hall–Kier alpha value is -2.85. The van der Waals surface area contributed by atoms with Gasteiger partial charge in [-0.25, -0.2) is 9.79 Å². The number of nitrogens with zero attached hydrogens (tertiary/aromatic N) is 5. The van der Waals surface area contributed by atoms with Crippen LogP contribution in [0.4, 0.5) is 10.5 Å². The molecule has 2 saturated heterocycles. The number of β-amino-alcohol motifs (C(OH)–C–C–N with tert-alkyl or cyclic N) is 1. The van der Waals surface area contributed by atoms with Gasteiger partial charge in [-0.1, -0.05) is 0 Å². The minimum atomic E-state index is -1.17. The first-order valence-corrected chi connectivity index (χ1v) is 9.09. The van der Waals surface area contributed by atoms with Gasteiger partial charge in [-0.15, -0.1) is 0 Å². The number of aliphatic hydroxyl groups is 2. The second kappa shape index (κ2) is 6.95. The highest BCUT2D eigenvalue weighted by Crippen LogP contribution is 2.33. The van der Waals surface area contributed by atoms with Crippen LogP contribution in [-0.2, 0) is 4.79 Å². The molecule has 0 saturated carbocycles. The van der Waals surface area contributed by atoms with Crippen LogP contribution in [0.15, 0.2) is 29.3 Å². The molecule has 150 valence electrons. The number of methoxy groups -OCH3 is 1. The molecule has 0 radical (unpaired) electrons. The van der Waals surface area contributed by atoms with Crippen molar-refractivity contribution in [3.05, 3.63) is 24.3 Å². The molecule has 4 rings (SSSR count). The van der Waals surface area contributed by atoms with E-state index in [9.17, 15) is 14.7 Å². The number of rotatable bonds is 5. The lowest BCUT2D eigenvalue weighted by Crippen LogP contribution is -2.65. The predicted octanol–water partition coefficient (Wildman–Crippen LogP) is -0.871. The van der Waals surface area contributed by atoms with Crippen molar-refractivity contribution >= 4 is 23.6 Å². The topological polar surface area (TPSA) is 109 Å². The Kier molecular flexibility index (Phi) is 4.60. The van der Waals surface area contributed by atoms with Crippen molar-refractivity contribution in [3.8, 4) is 5.75 Å². The van der Waals surface area contributed by atoms with Gasteiger partial charge in [0.15, 0.2) is 12.2 Å². The number of aliphatic imine (C=N–C) groups is 1. The van der Waals surface area contributed by atoms with Gasteiger partial charge in [0.1, 0.15) is 5.75 Å². The summed E-state index contributed by atoms with van der Waals surface area (Å²) in [5.74, 6) is 0.995. The summed E-state index contributed by atoms with van der Waals surface area (Å²) in [5.41, 5.74) is 0.926. The zero-order chi connectivity index (χ0) is 20.0. The lowest BCUT2D eigenvalue weighted by atomic mass is 10.1. The molecule has 0 aromatic heterocycles. The Morgan fingerprint density at radius 1 is 1.25 bits per heavy atom. The maximum atomic E-state index is 13.0. The van der Waals surface area contributed by atoms with Crippen molar-refractivity contribution in [3.63, 3.8) is 0 Å². The molecular formula is C18H23N5O5. The van der Waals surface area contributed by atoms with Gasteiger partial charge in [-0.2, -0.15) is 0 Å². The first-order valence-electron chi connectivity index (χ1n) is 9.09. The fraction of sp³-hybridized carbons (Fsp3) is 0.500. The van der Waals surface area contributed by atoms with Crippen molar-refractivity contribution in [2.75, 3.05) is 45.3 Å². The molecule has 0 aliphatic carbocycles. The monoisotopic (exact) mass is 389 g/mol. The smallest absolute Gasteiger partial charge is 0.328 e. The van der Waals surface area contributed by atoms with Crippen LogP contribution in [0, 0.1) is 0 Å². The first-order chi connectivity index (χ1) is 13.5. The molecule has 3 amide bonds. The maximum absolute atomic E-state index is 13.0. The zero-order valence-electron chi connectivity index (χ0n) is 15.7. The van der Waals surface area contributed by atoms with Crippen molar-refractivity contribution in [1.29, 1.82) is 0 Å². The molecule has 3 aliphatic rings. The number of carbonyl (C=O) groups excluding carboxylic acids is 2. The van der Waals surface area contributed by atoms with Gasteiger partial charge < -0.3 is 29.6 Å². The molecule has 3 atom stereocenters. The van der Waals surface area contributed by atoms with Crippen LogP contribution in [0.25, 0.3) is 0 Å². The number of anilines is 1. The van der Waals surface area contributed by atoms with Crippen LogP contribution in [0.2, 0.25) is 0 Å². The summed E-state index contributed by atoms with van der Waals surface area (Å²) in [5, 5.41) is 18.8. The predicted molar refractivity (Wildman–Crippen MR) is 100 cm³/mol. The van der Waals surface area contributed by atoms with Gasteiger partial charge in [0.05, 0.1) is 26.4 Å². The largest absolute Gasteiger partial charge is 0.497 e. The van der Waals surface area contributed by atoms with Gasteiger partial charge in [-0.05, 0) is 24.3 Å². The number of carbonyl (C=O) groups is 2. The quantitative estimate of drug-likeness (QED) is 0.674. The Morgan fingerprint density at radius 3 is 2.61 bits per heavy atom. The zero-order valence-corrected chi connectivity index (χ0v) is 15.7. The van der Waals surface area contributed by atoms with E-state index in [0.717, 1.165) is 16.3 Å². The van der Waals surface area contributed by atoms with E-state index in [1.165, 1.54) is 4.90 Å². The molecule has 3 aliphatic heterocycles. The second-order valence-electron chi connectivity index (χ2n) is 7.01. The van der Waals surface area contributed by atoms with Crippen LogP contribution in [0.1, 0.15) is 0 Å². The number of likely N-dealkylation sites (N-methyl/N-ethyl adjacent to an activating group) is 1. The van der Waals surface area contributed by atoms with Gasteiger partial charge in [0.2, 0.25) is 5.96 Å². The van der Waals surface area contributed by atoms with Crippen LogP contribution in [0.5, 0.6) is 5.75 Å². The minimum Gasteiger partial charge on any atom is -0.497 e. The van der Waals surface area contributed by atoms with Crippen LogP contribution in [0.3, 0.4) is 0 Å². The number of hydrogen-bond donors (Lipinski definition) is 2. The van der Waals surface area contributed by atoms with Gasteiger partial charge >= 0.3 is 6.03 Å². The van der Waals surface area contributed by atoms with E-state index in [1.807, 2.05) is 34.1 Å². The second-order valence-corrected chi connectivity index (χ2v) is 7.01. The molecule has 3 heterocycles. The highest BCUT2D eigenvalue weighted by molar-refractivity contribution is 6.08. The first kappa shape index (κ1) is 18.5. The summed E-state index contributed by atoms with van der Waals surface area (Å²) < 4.78 is 5.20. The number of ether oxygens (including phenoxy) is 1. The lowest BCUT2D eigenvalue weighted by molar-refractivity contribution is -0.138. The van der Waals surface area contributed by atoms with E-state index < -0.39 is 36.9 Å². The van der Waals surface area contributed by atoms with Crippen molar-refractivity contribution in [1.82, 2.24) is 14.7 Å². The van der Waals surface area contributed by atoms with E-state index in [4.69, 9.17) is 9.84 Å². The van der Waals surface area contributed by atoms with E-state index in [2.05, 4.69) is 4.99 Å². The molecule has 10 nitrogen and oxygen atoms in total. The standard InChI is InChI=1S/C18H23N5O5/c1-20-15-14(16(26)23(18(20)27)9-12(25)10-24)22-8-7-21(17(22)19-15)11-3-5-13(28-2)6-4-11/h3-6,12,14-15,24-25H,7-10H2,1-2H3. The fourth-order valence-electron chi connectivity index (χ4n) is 3.88. The summed E-state index contributed by atoms with van der Waals surface area (Å²) in [7, 11) is 3.20. The third-order valence-corrected chi connectivity index (χ3v) is 5.37. The summed E-state index contributed by atoms with van der Waals surface area (Å²) >= 11 is 0. The number of fused-ring (bicyclic) bond motifs is 3. The summed E-state index contributed by atoms with van der Waals surface area (Å²) in [6.07, 6.45) is -1.78. The van der Waals surface area contributed by atoms with E-state index in [0.29, 0.717) is 19.0 Å². The SMILES string of the molecule is COc1ccc(N2CCN3C2=NC2C3C(=O)N(CC(O)CO)C(=O)N2C)cc1. The number of guanidine groups is 1. The third-order valence-electron chi connectivity index (χ3n) is 5.37. The lowest BCUT2D eigenvalue weighted by Gasteiger charge is -2.40. The van der Waals surface area contributed by atoms with Crippen LogP contribution < -0.4 is 9.64 Å². The van der Waals surface area contributed by atoms with Crippen molar-refractivity contribution < 1.29 is 24.5 Å². The van der Waals surface area contributed by atoms with E-state index in [1.54, 1.807) is 14.2 Å². The Morgan fingerprint density at radius 2 is 1.96 bits per heavy atom. The summed E-state index contributed by atoms with van der Waals surface area (Å²) in [6, 6.07) is 6.41.